The molecule has 3 aliphatic rings. The molecule has 1 N–H and O–H groups in total. The van der Waals surface area contributed by atoms with E-state index in [1.807, 2.05) is 60.7 Å². The molecule has 9 rings (SSSR count). The Bertz CT molecular complexity index is 2400. The molecule has 0 aliphatic carbocycles. The minimum Gasteiger partial charge on any atom is -0.488 e. The minimum absolute atomic E-state index is 0.0830. The molecule has 4 amide bonds. The topological polar surface area (TPSA) is 79.0 Å². The van der Waals surface area contributed by atoms with Crippen LogP contribution in [-0.2, 0) is 16.2 Å². The average molecular weight is 710 g/mol. The molecule has 2 atom stereocenters. The first-order chi connectivity index (χ1) is 26.4. The molecule has 266 valence electrons. The van der Waals surface area contributed by atoms with E-state index in [1.54, 1.807) is 0 Å². The highest BCUT2D eigenvalue weighted by Gasteiger charge is 2.40. The lowest BCUT2D eigenvalue weighted by Gasteiger charge is -2.44. The molecule has 54 heavy (non-hydrogen) atoms. The molecule has 0 aromatic heterocycles. The van der Waals surface area contributed by atoms with Gasteiger partial charge in [0.2, 0.25) is 0 Å². The molecule has 1 saturated heterocycles. The van der Waals surface area contributed by atoms with E-state index in [0.29, 0.717) is 23.6 Å². The van der Waals surface area contributed by atoms with Gasteiger partial charge >= 0.3 is 6.03 Å². The van der Waals surface area contributed by atoms with E-state index in [2.05, 4.69) is 89.9 Å². The second-order valence-electron chi connectivity index (χ2n) is 14.3. The van der Waals surface area contributed by atoms with Crippen LogP contribution in [0.25, 0.3) is 16.8 Å². The fourth-order valence-electron chi connectivity index (χ4n) is 8.53. The Morgan fingerprint density at radius 3 is 2.02 bits per heavy atom. The van der Waals surface area contributed by atoms with Crippen LogP contribution in [0.3, 0.4) is 0 Å². The summed E-state index contributed by atoms with van der Waals surface area (Å²) >= 11 is 0. The van der Waals surface area contributed by atoms with Crippen molar-refractivity contribution < 1.29 is 19.1 Å². The first-order valence-corrected chi connectivity index (χ1v) is 18.6. The SMILES string of the molecule is Cc1ccc2ccccc2c1COc1ccccc1/C=C1\C(=O)NC(=O)N(c2cc3c4c(c2)[C@@H](c2ccccc2)CCN4CC[C@@H]3c2ccccc2)C1=O. The second kappa shape index (κ2) is 13.8. The van der Waals surface area contributed by atoms with Crippen LogP contribution in [0.2, 0.25) is 0 Å². The van der Waals surface area contributed by atoms with Gasteiger partial charge in [-0.25, -0.2) is 9.69 Å². The third kappa shape index (κ3) is 5.92. The predicted octanol–water partition coefficient (Wildman–Crippen LogP) is 9.27. The summed E-state index contributed by atoms with van der Waals surface area (Å²) in [6, 6.07) is 43.8. The molecule has 0 spiro atoms. The van der Waals surface area contributed by atoms with Gasteiger partial charge in [0.05, 0.1) is 5.69 Å². The highest BCUT2D eigenvalue weighted by Crippen LogP contribution is 2.50. The standard InChI is InChI=1S/C47H39N3O4/c1-30-20-21-33-16-8-10-18-36(33)42(30)29-54-43-19-11-9-17-34(43)26-41-45(51)48-47(53)50(46(41)52)35-27-39-37(31-12-4-2-5-13-31)22-24-49-25-23-38(40(28-35)44(39)49)32-14-6-3-7-15-32/h2-21,26-28,37-38H,22-25,29H2,1H3,(H,48,51,53)/b41-26+/t37-,38-/m1/s1. The van der Waals surface area contributed by atoms with Crippen LogP contribution in [0, 0.1) is 6.92 Å². The number of nitrogens with one attached hydrogen (secondary N) is 1. The molecule has 0 radical (unpaired) electrons. The normalized spacial score (nSPS) is 18.8. The summed E-state index contributed by atoms with van der Waals surface area (Å²) in [6.07, 6.45) is 3.36. The van der Waals surface area contributed by atoms with Crippen molar-refractivity contribution in [2.75, 3.05) is 22.9 Å². The third-order valence-corrected chi connectivity index (χ3v) is 11.2. The quantitative estimate of drug-likeness (QED) is 0.132. The summed E-state index contributed by atoms with van der Waals surface area (Å²) in [7, 11) is 0. The molecule has 7 heteroatoms. The van der Waals surface area contributed by atoms with Crippen LogP contribution in [-0.4, -0.2) is 30.9 Å². The second-order valence-corrected chi connectivity index (χ2v) is 14.3. The van der Waals surface area contributed by atoms with Crippen molar-refractivity contribution in [2.45, 2.75) is 38.2 Å². The number of barbiturate groups is 1. The van der Waals surface area contributed by atoms with Crippen molar-refractivity contribution in [2.24, 2.45) is 0 Å². The molecule has 0 saturated carbocycles. The van der Waals surface area contributed by atoms with Crippen LogP contribution < -0.4 is 19.9 Å². The zero-order valence-corrected chi connectivity index (χ0v) is 30.0. The Labute approximate surface area is 314 Å². The van der Waals surface area contributed by atoms with Crippen LogP contribution in [0.15, 0.2) is 139 Å². The highest BCUT2D eigenvalue weighted by atomic mass is 16.5. The maximum atomic E-state index is 14.5. The number of hydrogen-bond donors (Lipinski definition) is 1. The number of nitrogens with zero attached hydrogens (tertiary/aromatic N) is 2. The molecule has 6 aromatic rings. The van der Waals surface area contributed by atoms with Gasteiger partial charge in [0.15, 0.2) is 0 Å². The summed E-state index contributed by atoms with van der Waals surface area (Å²) in [6.45, 7) is 4.21. The Morgan fingerprint density at radius 2 is 1.33 bits per heavy atom. The van der Waals surface area contributed by atoms with Gasteiger partial charge in [-0.15, -0.1) is 0 Å². The van der Waals surface area contributed by atoms with E-state index in [4.69, 9.17) is 4.74 Å². The molecule has 7 nitrogen and oxygen atoms in total. The van der Waals surface area contributed by atoms with Crippen molar-refractivity contribution in [3.8, 4) is 5.75 Å². The number of hydrogen-bond acceptors (Lipinski definition) is 5. The largest absolute Gasteiger partial charge is 0.488 e. The number of fused-ring (bicyclic) bond motifs is 1. The van der Waals surface area contributed by atoms with E-state index >= 15 is 0 Å². The maximum absolute atomic E-state index is 14.5. The van der Waals surface area contributed by atoms with Crippen LogP contribution in [0.5, 0.6) is 5.75 Å². The van der Waals surface area contributed by atoms with Gasteiger partial charge in [0, 0.05) is 41.7 Å². The lowest BCUT2D eigenvalue weighted by atomic mass is 9.76. The van der Waals surface area contributed by atoms with Crippen LogP contribution in [0.1, 0.15) is 63.6 Å². The lowest BCUT2D eigenvalue weighted by molar-refractivity contribution is -0.122. The van der Waals surface area contributed by atoms with Crippen molar-refractivity contribution in [3.05, 3.63) is 178 Å². The Kier molecular flexibility index (Phi) is 8.54. The number of anilines is 2. The number of para-hydroxylation sites is 1. The fraction of sp³-hybridized carbons (Fsp3) is 0.170. The summed E-state index contributed by atoms with van der Waals surface area (Å²) in [5.74, 6) is -0.724. The van der Waals surface area contributed by atoms with Crippen molar-refractivity contribution >= 4 is 46.1 Å². The Balaban J connectivity index is 1.11. The van der Waals surface area contributed by atoms with Gasteiger partial charge < -0.3 is 9.64 Å². The third-order valence-electron chi connectivity index (χ3n) is 11.2. The van der Waals surface area contributed by atoms with Gasteiger partial charge in [-0.2, -0.15) is 0 Å². The summed E-state index contributed by atoms with van der Waals surface area (Å²) < 4.78 is 6.40. The summed E-state index contributed by atoms with van der Waals surface area (Å²) in [5.41, 5.74) is 8.80. The molecule has 0 unspecified atom stereocenters. The average Bonchev–Trinajstić information content (AvgIpc) is 3.20. The number of benzene rings is 6. The van der Waals surface area contributed by atoms with Crippen molar-refractivity contribution in [3.63, 3.8) is 0 Å². The number of urea groups is 1. The zero-order chi connectivity index (χ0) is 36.8. The summed E-state index contributed by atoms with van der Waals surface area (Å²) in [5, 5.41) is 4.70. The number of ether oxygens (including phenoxy) is 1. The van der Waals surface area contributed by atoms with Gasteiger partial charge in [0.25, 0.3) is 11.8 Å². The van der Waals surface area contributed by atoms with E-state index in [1.165, 1.54) is 22.9 Å². The van der Waals surface area contributed by atoms with Crippen molar-refractivity contribution in [1.82, 2.24) is 5.32 Å². The lowest BCUT2D eigenvalue weighted by Crippen LogP contribution is -2.54. The van der Waals surface area contributed by atoms with Gasteiger partial charge in [-0.05, 0) is 82.6 Å². The van der Waals surface area contributed by atoms with E-state index < -0.39 is 17.8 Å². The fourth-order valence-corrected chi connectivity index (χ4v) is 8.53. The first-order valence-electron chi connectivity index (χ1n) is 18.6. The van der Waals surface area contributed by atoms with Gasteiger partial charge in [-0.3, -0.25) is 14.9 Å². The number of carbonyl (C=O) groups excluding carboxylic acids is 3. The predicted molar refractivity (Wildman–Crippen MR) is 213 cm³/mol. The number of rotatable bonds is 7. The summed E-state index contributed by atoms with van der Waals surface area (Å²) in [4.78, 5) is 45.3. The van der Waals surface area contributed by atoms with Gasteiger partial charge in [-0.1, -0.05) is 115 Å². The molecular weight excluding hydrogens is 671 g/mol. The number of imide groups is 2. The van der Waals surface area contributed by atoms with E-state index in [-0.39, 0.29) is 17.4 Å². The smallest absolute Gasteiger partial charge is 0.335 e. The van der Waals surface area contributed by atoms with Crippen LogP contribution >= 0.6 is 0 Å². The van der Waals surface area contributed by atoms with E-state index in [0.717, 1.165) is 63.9 Å². The zero-order valence-electron chi connectivity index (χ0n) is 30.0. The number of carbonyl (C=O) groups is 3. The minimum atomic E-state index is -0.763. The van der Waals surface area contributed by atoms with Gasteiger partial charge in [0.1, 0.15) is 17.9 Å². The number of amides is 4. The molecule has 0 bridgehead atoms. The monoisotopic (exact) mass is 709 g/mol. The highest BCUT2D eigenvalue weighted by molar-refractivity contribution is 6.39. The molecule has 3 aliphatic heterocycles. The van der Waals surface area contributed by atoms with E-state index in [9.17, 15) is 14.4 Å². The Morgan fingerprint density at radius 1 is 0.722 bits per heavy atom. The maximum Gasteiger partial charge on any atom is 0.335 e. The number of aryl methyl sites for hydroxylation is 1. The molecule has 3 heterocycles. The first kappa shape index (κ1) is 33.4. The Hall–Kier alpha value is -6.47. The molecular formula is C47H39N3O4. The van der Waals surface area contributed by atoms with Crippen LogP contribution in [0.4, 0.5) is 16.2 Å². The molecule has 6 aromatic carbocycles. The van der Waals surface area contributed by atoms with Crippen molar-refractivity contribution in [1.29, 1.82) is 0 Å². The molecule has 1 fully saturated rings.